The third-order valence-electron chi connectivity index (χ3n) is 4.09. The second kappa shape index (κ2) is 7.96. The van der Waals surface area contributed by atoms with E-state index in [1.807, 2.05) is 13.8 Å². The summed E-state index contributed by atoms with van der Waals surface area (Å²) in [6, 6.07) is 0. The lowest BCUT2D eigenvalue weighted by Gasteiger charge is -2.11. The Morgan fingerprint density at radius 1 is 1.12 bits per heavy atom. The number of aromatic carboxylic acids is 1. The summed E-state index contributed by atoms with van der Waals surface area (Å²) in [5.41, 5.74) is -0.651. The molecule has 136 valence electrons. The number of hydrogen-bond acceptors (Lipinski definition) is 4. The van der Waals surface area contributed by atoms with Crippen molar-refractivity contribution in [1.29, 1.82) is 0 Å². The highest BCUT2D eigenvalue weighted by molar-refractivity contribution is 5.88. The molecule has 0 saturated carbocycles. The van der Waals surface area contributed by atoms with E-state index in [0.717, 1.165) is 19.3 Å². The second-order valence-corrected chi connectivity index (χ2v) is 5.91. The Labute approximate surface area is 145 Å². The van der Waals surface area contributed by atoms with Gasteiger partial charge in [-0.15, -0.1) is 6.58 Å². The minimum Gasteiger partial charge on any atom is -0.475 e. The Bertz CT molecular complexity index is 904. The topological polar surface area (TPSA) is 99.1 Å². The predicted molar refractivity (Wildman–Crippen MR) is 95.2 cm³/mol. The molecule has 1 N–H and O–H groups in total. The zero-order valence-electron chi connectivity index (χ0n) is 14.7. The van der Waals surface area contributed by atoms with Crippen LogP contribution in [0.15, 0.2) is 22.2 Å². The molecule has 0 aliphatic heterocycles. The monoisotopic (exact) mass is 348 g/mol. The van der Waals surface area contributed by atoms with Crippen LogP contribution in [0.2, 0.25) is 0 Å². The van der Waals surface area contributed by atoms with E-state index in [-0.39, 0.29) is 23.5 Å². The van der Waals surface area contributed by atoms with Crippen LogP contribution in [0.4, 0.5) is 0 Å². The van der Waals surface area contributed by atoms with Gasteiger partial charge in [0.2, 0.25) is 5.82 Å². The quantitative estimate of drug-likeness (QED) is 0.697. The summed E-state index contributed by atoms with van der Waals surface area (Å²) in [6.45, 7) is 8.41. The molecule has 0 aromatic carbocycles. The number of carboxylic acids is 1. The Morgan fingerprint density at radius 2 is 1.72 bits per heavy atom. The molecular formula is C17H24N4O4. The summed E-state index contributed by atoms with van der Waals surface area (Å²) < 4.78 is 3.92. The van der Waals surface area contributed by atoms with Gasteiger partial charge in [-0.3, -0.25) is 13.9 Å². The molecule has 8 heteroatoms. The average Bonchev–Trinajstić information content (AvgIpc) is 2.95. The Hall–Kier alpha value is -2.64. The molecule has 0 aliphatic rings. The molecular weight excluding hydrogens is 324 g/mol. The largest absolute Gasteiger partial charge is 0.475 e. The molecule has 0 spiro atoms. The van der Waals surface area contributed by atoms with Gasteiger partial charge < -0.3 is 9.67 Å². The summed E-state index contributed by atoms with van der Waals surface area (Å²) in [5.74, 6) is -1.50. The van der Waals surface area contributed by atoms with Crippen LogP contribution >= 0.6 is 0 Å². The third kappa shape index (κ3) is 3.42. The van der Waals surface area contributed by atoms with Gasteiger partial charge in [-0.25, -0.2) is 14.6 Å². The predicted octanol–water partition coefficient (Wildman–Crippen LogP) is 1.84. The van der Waals surface area contributed by atoms with E-state index in [1.165, 1.54) is 19.8 Å². The van der Waals surface area contributed by atoms with Crippen molar-refractivity contribution in [1.82, 2.24) is 18.7 Å². The van der Waals surface area contributed by atoms with Gasteiger partial charge in [0.05, 0.1) is 0 Å². The van der Waals surface area contributed by atoms with Gasteiger partial charge in [0, 0.05) is 19.6 Å². The molecule has 2 heterocycles. The van der Waals surface area contributed by atoms with Gasteiger partial charge in [0.1, 0.15) is 0 Å². The number of fused-ring (bicyclic) bond motifs is 1. The van der Waals surface area contributed by atoms with Crippen LogP contribution in [0.25, 0.3) is 11.2 Å². The van der Waals surface area contributed by atoms with Crippen molar-refractivity contribution in [3.63, 3.8) is 0 Å². The van der Waals surface area contributed by atoms with Crippen LogP contribution in [-0.2, 0) is 19.6 Å². The molecule has 0 aliphatic carbocycles. The van der Waals surface area contributed by atoms with Crippen LogP contribution in [0.5, 0.6) is 0 Å². The molecule has 0 bridgehead atoms. The summed E-state index contributed by atoms with van der Waals surface area (Å²) >= 11 is 0. The number of imidazole rings is 1. The van der Waals surface area contributed by atoms with E-state index in [4.69, 9.17) is 0 Å². The smallest absolute Gasteiger partial charge is 0.372 e. The summed E-state index contributed by atoms with van der Waals surface area (Å²) in [7, 11) is 0. The molecule has 2 rings (SSSR count). The Balaban J connectivity index is 2.89. The van der Waals surface area contributed by atoms with E-state index in [0.29, 0.717) is 19.5 Å². The summed E-state index contributed by atoms with van der Waals surface area (Å²) in [5, 5.41) is 9.42. The van der Waals surface area contributed by atoms with Crippen LogP contribution in [0.3, 0.4) is 0 Å². The molecule has 8 nitrogen and oxygen atoms in total. The van der Waals surface area contributed by atoms with Crippen LogP contribution < -0.4 is 11.2 Å². The molecule has 2 aromatic heterocycles. The van der Waals surface area contributed by atoms with Crippen molar-refractivity contribution in [3.8, 4) is 0 Å². The maximum atomic E-state index is 12.9. The van der Waals surface area contributed by atoms with E-state index >= 15 is 0 Å². The Kier molecular flexibility index (Phi) is 5.95. The fourth-order valence-corrected chi connectivity index (χ4v) is 2.79. The second-order valence-electron chi connectivity index (χ2n) is 5.91. The first-order valence-electron chi connectivity index (χ1n) is 8.55. The fourth-order valence-electron chi connectivity index (χ4n) is 2.79. The number of rotatable bonds is 9. The van der Waals surface area contributed by atoms with Crippen molar-refractivity contribution in [2.75, 3.05) is 0 Å². The molecule has 0 amide bonds. The van der Waals surface area contributed by atoms with Gasteiger partial charge in [0.25, 0.3) is 5.56 Å². The standard InChI is InChI=1S/C17H24N4O4/c1-4-7-10-20-13-12(15(22)21(17(20)25)11-8-5-2)19(9-6-3)14(18-13)16(23)24/h6H,3-5,7-11H2,1-2H3,(H,23,24). The van der Waals surface area contributed by atoms with Crippen molar-refractivity contribution < 1.29 is 9.90 Å². The number of carboxylic acid groups (broad SMARTS) is 1. The van der Waals surface area contributed by atoms with Crippen molar-refractivity contribution in [2.24, 2.45) is 0 Å². The number of allylic oxidation sites excluding steroid dienone is 1. The number of nitrogens with zero attached hydrogens (tertiary/aromatic N) is 4. The van der Waals surface area contributed by atoms with Crippen molar-refractivity contribution in [2.45, 2.75) is 59.2 Å². The number of hydrogen-bond donors (Lipinski definition) is 1. The van der Waals surface area contributed by atoms with Gasteiger partial charge in [-0.1, -0.05) is 32.8 Å². The normalized spacial score (nSPS) is 11.1. The fraction of sp³-hybridized carbons (Fsp3) is 0.529. The van der Waals surface area contributed by atoms with Gasteiger partial charge >= 0.3 is 11.7 Å². The minimum atomic E-state index is -1.24. The highest BCUT2D eigenvalue weighted by Gasteiger charge is 2.23. The number of aromatic nitrogens is 4. The number of unbranched alkanes of at least 4 members (excludes halogenated alkanes) is 2. The van der Waals surface area contributed by atoms with Crippen molar-refractivity contribution in [3.05, 3.63) is 39.3 Å². The summed E-state index contributed by atoms with van der Waals surface area (Å²) in [6.07, 6.45) is 4.63. The first-order valence-corrected chi connectivity index (χ1v) is 8.55. The first kappa shape index (κ1) is 18.7. The van der Waals surface area contributed by atoms with Gasteiger partial charge in [-0.2, -0.15) is 0 Å². The van der Waals surface area contributed by atoms with Crippen molar-refractivity contribution >= 4 is 17.1 Å². The maximum absolute atomic E-state index is 12.9. The van der Waals surface area contributed by atoms with E-state index in [1.54, 1.807) is 0 Å². The maximum Gasteiger partial charge on any atom is 0.372 e. The lowest BCUT2D eigenvalue weighted by atomic mass is 10.3. The highest BCUT2D eigenvalue weighted by Crippen LogP contribution is 2.13. The summed E-state index contributed by atoms with van der Waals surface area (Å²) in [4.78, 5) is 41.3. The lowest BCUT2D eigenvalue weighted by Crippen LogP contribution is -2.40. The van der Waals surface area contributed by atoms with E-state index in [2.05, 4.69) is 11.6 Å². The van der Waals surface area contributed by atoms with Gasteiger partial charge in [0.15, 0.2) is 11.2 Å². The van der Waals surface area contributed by atoms with E-state index in [9.17, 15) is 19.5 Å². The number of carbonyl (C=O) groups is 1. The highest BCUT2D eigenvalue weighted by atomic mass is 16.4. The average molecular weight is 348 g/mol. The molecule has 2 aromatic rings. The first-order chi connectivity index (χ1) is 12.0. The molecule has 0 atom stereocenters. The molecule has 0 saturated heterocycles. The van der Waals surface area contributed by atoms with Crippen LogP contribution in [0, 0.1) is 0 Å². The molecule has 0 fully saturated rings. The number of aryl methyl sites for hydroxylation is 1. The zero-order valence-corrected chi connectivity index (χ0v) is 14.7. The van der Waals surface area contributed by atoms with Gasteiger partial charge in [-0.05, 0) is 12.8 Å². The Morgan fingerprint density at radius 3 is 2.24 bits per heavy atom. The zero-order chi connectivity index (χ0) is 18.6. The SMILES string of the molecule is C=CCn1c(C(=O)O)nc2c1c(=O)n(CCCC)c(=O)n2CCCC. The van der Waals surface area contributed by atoms with E-state index < -0.39 is 17.2 Å². The third-order valence-corrected chi connectivity index (χ3v) is 4.09. The molecule has 0 radical (unpaired) electrons. The van der Waals surface area contributed by atoms with Crippen LogP contribution in [0.1, 0.15) is 50.1 Å². The lowest BCUT2D eigenvalue weighted by molar-refractivity contribution is 0.0679. The molecule has 0 unspecified atom stereocenters. The minimum absolute atomic E-state index is 0.132. The molecule has 25 heavy (non-hydrogen) atoms. The van der Waals surface area contributed by atoms with Crippen LogP contribution in [-0.4, -0.2) is 29.8 Å².